The Balaban J connectivity index is 2.33. The van der Waals surface area contributed by atoms with Crippen molar-refractivity contribution in [1.82, 2.24) is 9.78 Å². The molecular formula is C7H12FN3O. The van der Waals surface area contributed by atoms with E-state index in [0.717, 1.165) is 0 Å². The van der Waals surface area contributed by atoms with Crippen molar-refractivity contribution in [3.05, 3.63) is 12.3 Å². The van der Waals surface area contributed by atoms with Crippen molar-refractivity contribution in [3.8, 4) is 0 Å². The zero-order valence-electron chi connectivity index (χ0n) is 6.87. The van der Waals surface area contributed by atoms with Gasteiger partial charge in [-0.2, -0.15) is 5.10 Å². The van der Waals surface area contributed by atoms with Crippen molar-refractivity contribution in [2.75, 3.05) is 18.5 Å². The van der Waals surface area contributed by atoms with Crippen LogP contribution < -0.4 is 5.32 Å². The van der Waals surface area contributed by atoms with Gasteiger partial charge in [0.05, 0.1) is 6.10 Å². The Hall–Kier alpha value is -1.10. The Bertz CT molecular complexity index is 238. The Morgan fingerprint density at radius 3 is 3.08 bits per heavy atom. The van der Waals surface area contributed by atoms with Gasteiger partial charge in [-0.25, -0.2) is 4.39 Å². The van der Waals surface area contributed by atoms with Crippen molar-refractivity contribution in [1.29, 1.82) is 0 Å². The van der Waals surface area contributed by atoms with E-state index in [1.807, 2.05) is 0 Å². The summed E-state index contributed by atoms with van der Waals surface area (Å²) < 4.78 is 13.4. The molecule has 4 nitrogen and oxygen atoms in total. The molecule has 0 bridgehead atoms. The molecule has 5 heteroatoms. The first-order valence-corrected chi connectivity index (χ1v) is 3.70. The fraction of sp³-hybridized carbons (Fsp3) is 0.571. The second-order valence-corrected chi connectivity index (χ2v) is 2.56. The molecule has 1 heterocycles. The highest BCUT2D eigenvalue weighted by molar-refractivity contribution is 5.31. The van der Waals surface area contributed by atoms with Gasteiger partial charge < -0.3 is 10.4 Å². The van der Waals surface area contributed by atoms with Crippen LogP contribution in [0.3, 0.4) is 0 Å². The molecule has 1 aromatic rings. The Morgan fingerprint density at radius 1 is 1.83 bits per heavy atom. The van der Waals surface area contributed by atoms with Gasteiger partial charge in [-0.05, 0) is 0 Å². The van der Waals surface area contributed by atoms with Gasteiger partial charge in [0.1, 0.15) is 12.5 Å². The fourth-order valence-electron chi connectivity index (χ4n) is 0.786. The maximum atomic E-state index is 11.8. The number of anilines is 1. The Morgan fingerprint density at radius 2 is 2.58 bits per heavy atom. The van der Waals surface area contributed by atoms with Gasteiger partial charge in [0, 0.05) is 25.9 Å². The molecule has 1 atom stereocenters. The number of hydrogen-bond acceptors (Lipinski definition) is 3. The van der Waals surface area contributed by atoms with Gasteiger partial charge in [0.15, 0.2) is 0 Å². The van der Waals surface area contributed by atoms with Gasteiger partial charge in [0.2, 0.25) is 0 Å². The summed E-state index contributed by atoms with van der Waals surface area (Å²) in [4.78, 5) is 0. The molecule has 1 aromatic heterocycles. The number of nitrogens with one attached hydrogen (secondary N) is 1. The van der Waals surface area contributed by atoms with Crippen molar-refractivity contribution in [2.45, 2.75) is 6.10 Å². The summed E-state index contributed by atoms with van der Waals surface area (Å²) in [7, 11) is 1.79. The van der Waals surface area contributed by atoms with Crippen LogP contribution in [-0.4, -0.2) is 34.2 Å². The van der Waals surface area contributed by atoms with Crippen molar-refractivity contribution in [3.63, 3.8) is 0 Å². The minimum absolute atomic E-state index is 0.188. The average molecular weight is 173 g/mol. The molecule has 2 N–H and O–H groups in total. The number of aromatic nitrogens is 2. The summed E-state index contributed by atoms with van der Waals surface area (Å²) in [5.74, 6) is 0.644. The van der Waals surface area contributed by atoms with E-state index < -0.39 is 12.8 Å². The molecule has 0 amide bonds. The average Bonchev–Trinajstić information content (AvgIpc) is 2.47. The number of aliphatic hydroxyl groups excluding tert-OH is 1. The highest BCUT2D eigenvalue weighted by Gasteiger charge is 2.02. The van der Waals surface area contributed by atoms with E-state index in [9.17, 15) is 4.39 Å². The summed E-state index contributed by atoms with van der Waals surface area (Å²) in [5.41, 5.74) is 0. The number of aryl methyl sites for hydroxylation is 1. The monoisotopic (exact) mass is 173 g/mol. The number of nitrogens with zero attached hydrogens (tertiary/aromatic N) is 2. The van der Waals surface area contributed by atoms with Crippen LogP contribution in [0.5, 0.6) is 0 Å². The van der Waals surface area contributed by atoms with Gasteiger partial charge in [-0.1, -0.05) is 0 Å². The van der Waals surface area contributed by atoms with Gasteiger partial charge in [0.25, 0.3) is 0 Å². The molecule has 0 aromatic carbocycles. The second-order valence-electron chi connectivity index (χ2n) is 2.56. The predicted molar refractivity (Wildman–Crippen MR) is 43.7 cm³/mol. The smallest absolute Gasteiger partial charge is 0.148 e. The van der Waals surface area contributed by atoms with E-state index in [2.05, 4.69) is 10.4 Å². The molecule has 0 spiro atoms. The first-order chi connectivity index (χ1) is 5.72. The topological polar surface area (TPSA) is 50.1 Å². The molecule has 1 rings (SSSR count). The van der Waals surface area contributed by atoms with E-state index in [1.54, 1.807) is 24.0 Å². The van der Waals surface area contributed by atoms with Crippen LogP contribution in [0, 0.1) is 0 Å². The number of rotatable bonds is 4. The van der Waals surface area contributed by atoms with Gasteiger partial charge in [-0.3, -0.25) is 4.68 Å². The number of halogens is 1. The molecule has 1 unspecified atom stereocenters. The van der Waals surface area contributed by atoms with Crippen LogP contribution in [0.15, 0.2) is 12.3 Å². The van der Waals surface area contributed by atoms with Gasteiger partial charge in [-0.15, -0.1) is 0 Å². The maximum absolute atomic E-state index is 11.8. The maximum Gasteiger partial charge on any atom is 0.148 e. The lowest BCUT2D eigenvalue weighted by Gasteiger charge is -2.05. The summed E-state index contributed by atoms with van der Waals surface area (Å²) in [6.45, 7) is -0.548. The fourth-order valence-corrected chi connectivity index (χ4v) is 0.786. The molecule has 0 fully saturated rings. The minimum atomic E-state index is -0.952. The standard InChI is InChI=1S/C7H12FN3O/c1-11-3-2-7(10-11)9-5-6(12)4-8/h2-3,6,12H,4-5H2,1H3,(H,9,10). The van der Waals surface area contributed by atoms with E-state index in [1.165, 1.54) is 0 Å². The third-order valence-corrected chi connectivity index (χ3v) is 1.41. The third-order valence-electron chi connectivity index (χ3n) is 1.41. The number of aliphatic hydroxyl groups is 1. The van der Waals surface area contributed by atoms with Crippen LogP contribution >= 0.6 is 0 Å². The van der Waals surface area contributed by atoms with Crippen LogP contribution in [0.25, 0.3) is 0 Å². The summed E-state index contributed by atoms with van der Waals surface area (Å²) >= 11 is 0. The first-order valence-electron chi connectivity index (χ1n) is 3.70. The number of hydrogen-bond donors (Lipinski definition) is 2. The molecule has 0 aliphatic carbocycles. The largest absolute Gasteiger partial charge is 0.389 e. The molecular weight excluding hydrogens is 161 g/mol. The van der Waals surface area contributed by atoms with E-state index in [-0.39, 0.29) is 6.54 Å². The molecule has 0 radical (unpaired) electrons. The van der Waals surface area contributed by atoms with E-state index >= 15 is 0 Å². The minimum Gasteiger partial charge on any atom is -0.389 e. The predicted octanol–water partition coefficient (Wildman–Crippen LogP) is 0.162. The van der Waals surface area contributed by atoms with E-state index in [0.29, 0.717) is 5.82 Å². The highest BCUT2D eigenvalue weighted by Crippen LogP contribution is 2.00. The first kappa shape index (κ1) is 8.99. The molecule has 0 saturated heterocycles. The van der Waals surface area contributed by atoms with Crippen molar-refractivity contribution >= 4 is 5.82 Å². The number of alkyl halides is 1. The summed E-state index contributed by atoms with van der Waals surface area (Å²) in [6.07, 6.45) is 0.816. The van der Waals surface area contributed by atoms with Crippen LogP contribution in [-0.2, 0) is 7.05 Å². The zero-order valence-corrected chi connectivity index (χ0v) is 6.87. The van der Waals surface area contributed by atoms with Crippen molar-refractivity contribution < 1.29 is 9.50 Å². The van der Waals surface area contributed by atoms with Crippen LogP contribution in [0.1, 0.15) is 0 Å². The highest BCUT2D eigenvalue weighted by atomic mass is 19.1. The van der Waals surface area contributed by atoms with Crippen LogP contribution in [0.2, 0.25) is 0 Å². The SMILES string of the molecule is Cn1ccc(NCC(O)CF)n1. The second kappa shape index (κ2) is 4.06. The Labute approximate surface area is 70.0 Å². The van der Waals surface area contributed by atoms with Crippen molar-refractivity contribution in [2.24, 2.45) is 7.05 Å². The quantitative estimate of drug-likeness (QED) is 0.682. The lowest BCUT2D eigenvalue weighted by molar-refractivity contribution is 0.151. The zero-order chi connectivity index (χ0) is 8.97. The third kappa shape index (κ3) is 2.50. The molecule has 0 saturated carbocycles. The van der Waals surface area contributed by atoms with Gasteiger partial charge >= 0.3 is 0 Å². The molecule has 68 valence electrons. The summed E-state index contributed by atoms with van der Waals surface area (Å²) in [6, 6.07) is 1.75. The normalized spacial score (nSPS) is 12.9. The molecule has 0 aliphatic heterocycles. The molecule has 0 aliphatic rings. The summed E-state index contributed by atoms with van der Waals surface area (Å²) in [5, 5.41) is 15.6. The lowest BCUT2D eigenvalue weighted by atomic mass is 10.4. The lowest BCUT2D eigenvalue weighted by Crippen LogP contribution is -2.21. The van der Waals surface area contributed by atoms with Crippen LogP contribution in [0.4, 0.5) is 10.2 Å². The Kier molecular flexibility index (Phi) is 3.04. The molecule has 12 heavy (non-hydrogen) atoms. The van der Waals surface area contributed by atoms with E-state index in [4.69, 9.17) is 5.11 Å².